The number of hydrogen-bond donors (Lipinski definition) is 2. The van der Waals surface area contributed by atoms with Gasteiger partial charge in [-0.3, -0.25) is 0 Å². The van der Waals surface area contributed by atoms with Gasteiger partial charge in [-0.25, -0.2) is 0 Å². The minimum atomic E-state index is -0.0984. The molecule has 1 aliphatic heterocycles. The Hall–Kier alpha value is -1.08. The molecule has 0 aromatic carbocycles. The fraction of sp³-hybridized carbons (Fsp3) is 1.00. The Kier molecular flexibility index (Phi) is 1.74. The quantitative estimate of drug-likeness (QED) is 0.444. The van der Waals surface area contributed by atoms with Crippen molar-refractivity contribution in [1.29, 1.82) is 0 Å². The lowest BCUT2D eigenvalue weighted by atomic mass is 10.5. The molecule has 60 valence electrons. The Labute approximate surface area is 62.7 Å². The van der Waals surface area contributed by atoms with Gasteiger partial charge < -0.3 is 10.1 Å². The number of aromatic nitrogens is 5. The molecule has 0 saturated carbocycles. The Morgan fingerprint density at radius 1 is 1.55 bits per heavy atom. The third-order valence-electron chi connectivity index (χ3n) is 1.51. The van der Waals surface area contributed by atoms with Crippen molar-refractivity contribution in [3.05, 3.63) is 0 Å². The molecule has 2 rings (SSSR count). The Balaban J connectivity index is 2.04. The zero-order valence-corrected chi connectivity index (χ0v) is 5.90. The molecule has 1 atom stereocenters. The number of ether oxygens (including phenoxy) is 1. The second kappa shape index (κ2) is 2.89. The average molecular weight is 157 g/mol. The normalized spacial score (nSPS) is 25.3. The summed E-state index contributed by atoms with van der Waals surface area (Å²) in [5.41, 5.74) is 0. The van der Waals surface area contributed by atoms with Gasteiger partial charge in [0.05, 0.1) is 13.2 Å². The van der Waals surface area contributed by atoms with E-state index >= 15 is 0 Å². The van der Waals surface area contributed by atoms with Crippen molar-refractivity contribution in [2.75, 3.05) is 19.7 Å². The Morgan fingerprint density at radius 3 is 3.18 bits per heavy atom. The van der Waals surface area contributed by atoms with Crippen LogP contribution in [0.1, 0.15) is 6.23 Å². The topological polar surface area (TPSA) is 79.6 Å². The number of morpholine rings is 1. The minimum Gasteiger partial charge on any atom is -0.340 e. The molecule has 7 heteroatoms. The lowest BCUT2D eigenvalue weighted by molar-refractivity contribution is -0.859. The van der Waals surface area contributed by atoms with Gasteiger partial charge in [-0.2, -0.15) is 0 Å². The van der Waals surface area contributed by atoms with Crippen molar-refractivity contribution in [2.45, 2.75) is 6.23 Å². The molecule has 0 spiro atoms. The molecule has 1 unspecified atom stereocenters. The highest BCUT2D eigenvalue weighted by molar-refractivity contribution is 4.51. The highest BCUT2D eigenvalue weighted by atomic mass is 16.5. The fourth-order valence-electron chi connectivity index (χ4n) is 0.980. The fourth-order valence-corrected chi connectivity index (χ4v) is 0.980. The molecular formula is C4H9N6O+. The van der Waals surface area contributed by atoms with Crippen molar-refractivity contribution in [3.8, 4) is 0 Å². The Bertz CT molecular complexity index is 204. The van der Waals surface area contributed by atoms with Gasteiger partial charge in [0.1, 0.15) is 5.21 Å². The van der Waals surface area contributed by atoms with Gasteiger partial charge in [0, 0.05) is 6.54 Å². The van der Waals surface area contributed by atoms with Gasteiger partial charge in [-0.05, 0) is 10.0 Å². The summed E-state index contributed by atoms with van der Waals surface area (Å²) in [6.07, 6.45) is -0.0984. The summed E-state index contributed by atoms with van der Waals surface area (Å²) >= 11 is 0. The summed E-state index contributed by atoms with van der Waals surface area (Å²) in [4.78, 5) is 1.48. The zero-order chi connectivity index (χ0) is 7.52. The van der Waals surface area contributed by atoms with E-state index in [1.54, 1.807) is 0 Å². The molecule has 0 bridgehead atoms. The number of aromatic amines is 1. The Morgan fingerprint density at radius 2 is 2.55 bits per heavy atom. The van der Waals surface area contributed by atoms with E-state index in [-0.39, 0.29) is 6.23 Å². The lowest BCUT2D eigenvalue weighted by Gasteiger charge is -2.18. The van der Waals surface area contributed by atoms with Gasteiger partial charge in [0.25, 0.3) is 0 Å². The van der Waals surface area contributed by atoms with Gasteiger partial charge in [-0.15, -0.1) is 0 Å². The molecule has 0 aliphatic carbocycles. The molecule has 7 nitrogen and oxygen atoms in total. The lowest BCUT2D eigenvalue weighted by Crippen LogP contribution is -2.53. The van der Waals surface area contributed by atoms with Gasteiger partial charge in [-0.1, -0.05) is 0 Å². The van der Waals surface area contributed by atoms with E-state index in [9.17, 15) is 0 Å². The summed E-state index contributed by atoms with van der Waals surface area (Å²) in [5.74, 6) is 0. The van der Waals surface area contributed by atoms with Crippen LogP contribution < -0.4 is 10.1 Å². The molecule has 11 heavy (non-hydrogen) atoms. The molecule has 0 radical (unpaired) electrons. The SMILES string of the molecule is C1COC([n+]2nnn[nH]2)CN1. The third-order valence-corrected chi connectivity index (χ3v) is 1.51. The van der Waals surface area contributed by atoms with Gasteiger partial charge in [0.2, 0.25) is 16.7 Å². The van der Waals surface area contributed by atoms with Crippen LogP contribution in [0.25, 0.3) is 0 Å². The number of nitrogens with zero attached hydrogens (tertiary/aromatic N) is 4. The first-order chi connectivity index (χ1) is 5.47. The molecule has 1 aromatic rings. The first-order valence-corrected chi connectivity index (χ1v) is 3.45. The predicted molar refractivity (Wildman–Crippen MR) is 32.2 cm³/mol. The molecular weight excluding hydrogens is 148 g/mol. The second-order valence-corrected chi connectivity index (χ2v) is 2.25. The summed E-state index contributed by atoms with van der Waals surface area (Å²) < 4.78 is 5.35. The molecule has 2 heterocycles. The highest BCUT2D eigenvalue weighted by Gasteiger charge is 2.20. The van der Waals surface area contributed by atoms with Crippen LogP contribution in [0.3, 0.4) is 0 Å². The van der Waals surface area contributed by atoms with Crippen molar-refractivity contribution < 1.29 is 9.53 Å². The molecule has 1 fully saturated rings. The van der Waals surface area contributed by atoms with E-state index < -0.39 is 0 Å². The number of H-pyrrole nitrogens is 1. The van der Waals surface area contributed by atoms with Crippen LogP contribution >= 0.6 is 0 Å². The highest BCUT2D eigenvalue weighted by Crippen LogP contribution is 1.97. The maximum atomic E-state index is 5.35. The van der Waals surface area contributed by atoms with Crippen LogP contribution in [0, 0.1) is 0 Å². The van der Waals surface area contributed by atoms with E-state index in [2.05, 4.69) is 26.2 Å². The van der Waals surface area contributed by atoms with E-state index in [0.29, 0.717) is 6.61 Å². The standard InChI is InChI=1S/C4H8N6O/c1-2-11-4(3-5-1)10-8-6-7-9-10/h4-5H,1-3H2/p+1. The van der Waals surface area contributed by atoms with Crippen LogP contribution in [0.5, 0.6) is 0 Å². The predicted octanol–water partition coefficient (Wildman–Crippen LogP) is -2.39. The van der Waals surface area contributed by atoms with E-state index in [1.165, 1.54) is 4.80 Å². The maximum Gasteiger partial charge on any atom is 0.235 e. The maximum absolute atomic E-state index is 5.35. The van der Waals surface area contributed by atoms with Crippen LogP contribution in [-0.4, -0.2) is 40.5 Å². The summed E-state index contributed by atoms with van der Waals surface area (Å²) in [7, 11) is 0. The number of hydrogen-bond acceptors (Lipinski definition) is 5. The first kappa shape index (κ1) is 6.62. The molecule has 0 amide bonds. The van der Waals surface area contributed by atoms with Crippen LogP contribution in [0.4, 0.5) is 0 Å². The van der Waals surface area contributed by atoms with E-state index in [1.807, 2.05) is 0 Å². The van der Waals surface area contributed by atoms with Crippen molar-refractivity contribution >= 4 is 0 Å². The average Bonchev–Trinajstić information content (AvgIpc) is 2.58. The number of rotatable bonds is 1. The zero-order valence-electron chi connectivity index (χ0n) is 5.90. The molecule has 1 saturated heterocycles. The molecule has 1 aromatic heterocycles. The molecule has 1 aliphatic rings. The summed E-state index contributed by atoms with van der Waals surface area (Å²) in [6, 6.07) is 0. The van der Waals surface area contributed by atoms with Crippen LogP contribution in [0.15, 0.2) is 0 Å². The first-order valence-electron chi connectivity index (χ1n) is 3.45. The summed E-state index contributed by atoms with van der Waals surface area (Å²) in [5, 5.41) is 16.3. The monoisotopic (exact) mass is 157 g/mol. The second-order valence-electron chi connectivity index (χ2n) is 2.25. The largest absolute Gasteiger partial charge is 0.340 e. The minimum absolute atomic E-state index is 0.0984. The summed E-state index contributed by atoms with van der Waals surface area (Å²) in [6.45, 7) is 2.32. The van der Waals surface area contributed by atoms with Gasteiger partial charge >= 0.3 is 0 Å². The smallest absolute Gasteiger partial charge is 0.235 e. The van der Waals surface area contributed by atoms with Crippen LogP contribution in [0.2, 0.25) is 0 Å². The number of nitrogens with one attached hydrogen (secondary N) is 2. The van der Waals surface area contributed by atoms with Crippen molar-refractivity contribution in [2.24, 2.45) is 0 Å². The van der Waals surface area contributed by atoms with E-state index in [0.717, 1.165) is 13.1 Å². The van der Waals surface area contributed by atoms with Crippen molar-refractivity contribution in [1.82, 2.24) is 26.2 Å². The van der Waals surface area contributed by atoms with Crippen LogP contribution in [-0.2, 0) is 4.74 Å². The van der Waals surface area contributed by atoms with Gasteiger partial charge in [0.15, 0.2) is 0 Å². The van der Waals surface area contributed by atoms with Crippen molar-refractivity contribution in [3.63, 3.8) is 0 Å². The third kappa shape index (κ3) is 1.33. The molecule has 2 N–H and O–H groups in total. The van der Waals surface area contributed by atoms with E-state index in [4.69, 9.17) is 4.74 Å².